The van der Waals surface area contributed by atoms with E-state index >= 15 is 0 Å². The number of Topliss-reactive ketones (excluding diaryl/α,β-unsaturated/α-hetero) is 1. The summed E-state index contributed by atoms with van der Waals surface area (Å²) in [6.07, 6.45) is 3.48. The van der Waals surface area contributed by atoms with Crippen molar-refractivity contribution in [1.29, 1.82) is 5.26 Å². The number of aromatic nitrogens is 1. The number of benzene rings is 2. The summed E-state index contributed by atoms with van der Waals surface area (Å²) in [6, 6.07) is 19.2. The quantitative estimate of drug-likeness (QED) is 0.544. The first-order chi connectivity index (χ1) is 10.3. The van der Waals surface area contributed by atoms with Crippen molar-refractivity contribution in [2.24, 2.45) is 0 Å². The summed E-state index contributed by atoms with van der Waals surface area (Å²) in [6.45, 7) is 0.226. The van der Waals surface area contributed by atoms with Crippen LogP contribution in [0.2, 0.25) is 0 Å². The molecule has 3 nitrogen and oxygen atoms in total. The number of pyridine rings is 1. The van der Waals surface area contributed by atoms with Gasteiger partial charge in [0.15, 0.2) is 12.4 Å². The standard InChI is InChI=1S/C18H13N2O/c19-11-14-5-4-10-20(12-14)13-18(21)17-9-3-7-15-6-1-2-8-16(15)17/h1-10,12H,13H2/q+1. The highest BCUT2D eigenvalue weighted by molar-refractivity contribution is 6.07. The Morgan fingerprint density at radius 3 is 2.71 bits per heavy atom. The molecule has 0 fully saturated rings. The van der Waals surface area contributed by atoms with Crippen molar-refractivity contribution in [2.75, 3.05) is 0 Å². The lowest BCUT2D eigenvalue weighted by atomic mass is 10.0. The Balaban J connectivity index is 1.96. The molecule has 21 heavy (non-hydrogen) atoms. The summed E-state index contributed by atoms with van der Waals surface area (Å²) in [5.74, 6) is 0.0342. The smallest absolute Gasteiger partial charge is 0.228 e. The summed E-state index contributed by atoms with van der Waals surface area (Å²) in [4.78, 5) is 12.5. The second-order valence-corrected chi connectivity index (χ2v) is 4.83. The first-order valence-corrected chi connectivity index (χ1v) is 6.68. The van der Waals surface area contributed by atoms with Crippen LogP contribution < -0.4 is 4.57 Å². The maximum absolute atomic E-state index is 12.5. The van der Waals surface area contributed by atoms with Gasteiger partial charge in [-0.25, -0.2) is 0 Å². The van der Waals surface area contributed by atoms with Crippen LogP contribution in [0.15, 0.2) is 67.0 Å². The monoisotopic (exact) mass is 273 g/mol. The molecule has 3 aromatic rings. The van der Waals surface area contributed by atoms with E-state index < -0.39 is 0 Å². The molecule has 0 saturated heterocycles. The summed E-state index contributed by atoms with van der Waals surface area (Å²) in [5.41, 5.74) is 1.26. The zero-order valence-corrected chi connectivity index (χ0v) is 11.4. The van der Waals surface area contributed by atoms with Crippen molar-refractivity contribution in [3.63, 3.8) is 0 Å². The Kier molecular flexibility index (Phi) is 3.44. The average molecular weight is 273 g/mol. The first kappa shape index (κ1) is 13.0. The predicted molar refractivity (Wildman–Crippen MR) is 79.6 cm³/mol. The van der Waals surface area contributed by atoms with Crippen LogP contribution in [0.3, 0.4) is 0 Å². The van der Waals surface area contributed by atoms with Crippen molar-refractivity contribution >= 4 is 16.6 Å². The fraction of sp³-hybridized carbons (Fsp3) is 0.0556. The Hall–Kier alpha value is -2.99. The number of carbonyl (C=O) groups excluding carboxylic acids is 1. The van der Waals surface area contributed by atoms with Gasteiger partial charge in [-0.2, -0.15) is 9.83 Å². The molecule has 2 aromatic carbocycles. The Morgan fingerprint density at radius 2 is 1.86 bits per heavy atom. The van der Waals surface area contributed by atoms with Crippen molar-refractivity contribution in [2.45, 2.75) is 6.54 Å². The molecule has 0 aliphatic carbocycles. The van der Waals surface area contributed by atoms with Crippen LogP contribution in [-0.4, -0.2) is 5.78 Å². The van der Waals surface area contributed by atoms with Gasteiger partial charge in [0.05, 0.1) is 0 Å². The Bertz CT molecular complexity index is 857. The van der Waals surface area contributed by atoms with Crippen LogP contribution in [0, 0.1) is 11.3 Å². The average Bonchev–Trinajstić information content (AvgIpc) is 2.54. The van der Waals surface area contributed by atoms with E-state index in [0.717, 1.165) is 10.8 Å². The zero-order chi connectivity index (χ0) is 14.7. The molecule has 0 N–H and O–H groups in total. The molecule has 100 valence electrons. The summed E-state index contributed by atoms with van der Waals surface area (Å²) >= 11 is 0. The van der Waals surface area contributed by atoms with Crippen molar-refractivity contribution in [3.05, 3.63) is 78.1 Å². The lowest BCUT2D eigenvalue weighted by Gasteiger charge is -2.04. The number of carbonyl (C=O) groups is 1. The normalized spacial score (nSPS) is 10.2. The number of rotatable bonds is 3. The maximum Gasteiger partial charge on any atom is 0.228 e. The van der Waals surface area contributed by atoms with Gasteiger partial charge in [0.1, 0.15) is 11.6 Å². The molecule has 0 bridgehead atoms. The molecule has 0 radical (unpaired) electrons. The topological polar surface area (TPSA) is 44.7 Å². The van der Waals surface area contributed by atoms with Crippen molar-refractivity contribution in [3.8, 4) is 6.07 Å². The minimum Gasteiger partial charge on any atom is -0.287 e. The number of hydrogen-bond acceptors (Lipinski definition) is 2. The third-order valence-corrected chi connectivity index (χ3v) is 3.40. The molecule has 0 spiro atoms. The van der Waals surface area contributed by atoms with Gasteiger partial charge in [-0.05, 0) is 16.8 Å². The molecule has 1 heterocycles. The fourth-order valence-electron chi connectivity index (χ4n) is 2.41. The molecule has 0 atom stereocenters. The summed E-state index contributed by atoms with van der Waals surface area (Å²) < 4.78 is 1.74. The van der Waals surface area contributed by atoms with Gasteiger partial charge in [-0.15, -0.1) is 0 Å². The molecule has 0 aliphatic heterocycles. The highest BCUT2D eigenvalue weighted by Gasteiger charge is 2.15. The number of nitrogens with zero attached hydrogens (tertiary/aromatic N) is 2. The van der Waals surface area contributed by atoms with E-state index in [1.807, 2.05) is 42.5 Å². The molecular weight excluding hydrogens is 260 g/mol. The predicted octanol–water partition coefficient (Wildman–Crippen LogP) is 2.88. The lowest BCUT2D eigenvalue weighted by molar-refractivity contribution is -0.683. The van der Waals surface area contributed by atoms with Crippen molar-refractivity contribution in [1.82, 2.24) is 0 Å². The SMILES string of the molecule is N#Cc1ccc[n+](CC(=O)c2cccc3ccccc23)c1. The van der Waals surface area contributed by atoms with Crippen LogP contribution in [0.5, 0.6) is 0 Å². The van der Waals surface area contributed by atoms with E-state index in [9.17, 15) is 4.79 Å². The number of hydrogen-bond donors (Lipinski definition) is 0. The zero-order valence-electron chi connectivity index (χ0n) is 11.4. The van der Waals surface area contributed by atoms with Gasteiger partial charge in [-0.3, -0.25) is 4.79 Å². The molecule has 3 rings (SSSR count). The van der Waals surface area contributed by atoms with Gasteiger partial charge in [0, 0.05) is 11.6 Å². The van der Waals surface area contributed by atoms with E-state index in [0.29, 0.717) is 11.1 Å². The minimum absolute atomic E-state index is 0.0342. The van der Waals surface area contributed by atoms with E-state index in [2.05, 4.69) is 6.07 Å². The largest absolute Gasteiger partial charge is 0.287 e. The maximum atomic E-state index is 12.5. The fourth-order valence-corrected chi connectivity index (χ4v) is 2.41. The van der Waals surface area contributed by atoms with Crippen LogP contribution in [0.4, 0.5) is 0 Å². The van der Waals surface area contributed by atoms with Crippen LogP contribution in [0.1, 0.15) is 15.9 Å². The highest BCUT2D eigenvalue weighted by Crippen LogP contribution is 2.18. The Morgan fingerprint density at radius 1 is 1.05 bits per heavy atom. The third kappa shape index (κ3) is 2.65. The summed E-state index contributed by atoms with van der Waals surface area (Å²) in [5, 5.41) is 10.9. The third-order valence-electron chi connectivity index (χ3n) is 3.40. The molecule has 0 amide bonds. The van der Waals surface area contributed by atoms with Crippen LogP contribution in [0.25, 0.3) is 10.8 Å². The molecule has 0 unspecified atom stereocenters. The van der Waals surface area contributed by atoms with Gasteiger partial charge < -0.3 is 0 Å². The van der Waals surface area contributed by atoms with Gasteiger partial charge in [0.2, 0.25) is 12.3 Å². The van der Waals surface area contributed by atoms with Crippen LogP contribution in [-0.2, 0) is 6.54 Å². The van der Waals surface area contributed by atoms with Gasteiger partial charge in [-0.1, -0.05) is 42.5 Å². The summed E-state index contributed by atoms with van der Waals surface area (Å²) in [7, 11) is 0. The minimum atomic E-state index is 0.0342. The molecular formula is C18H13N2O+. The van der Waals surface area contributed by atoms with E-state index in [1.54, 1.807) is 29.1 Å². The Labute approximate surface area is 122 Å². The van der Waals surface area contributed by atoms with E-state index in [-0.39, 0.29) is 12.3 Å². The highest BCUT2D eigenvalue weighted by atomic mass is 16.1. The van der Waals surface area contributed by atoms with E-state index in [4.69, 9.17) is 5.26 Å². The number of fused-ring (bicyclic) bond motifs is 1. The van der Waals surface area contributed by atoms with Gasteiger partial charge >= 0.3 is 0 Å². The molecule has 3 heteroatoms. The van der Waals surface area contributed by atoms with E-state index in [1.165, 1.54) is 0 Å². The number of nitriles is 1. The number of ketones is 1. The molecule has 0 saturated carbocycles. The van der Waals surface area contributed by atoms with Gasteiger partial charge in [0.25, 0.3) is 0 Å². The molecule has 1 aromatic heterocycles. The second-order valence-electron chi connectivity index (χ2n) is 4.83. The van der Waals surface area contributed by atoms with Crippen molar-refractivity contribution < 1.29 is 9.36 Å². The second kappa shape index (κ2) is 5.56. The van der Waals surface area contributed by atoms with Crippen LogP contribution >= 0.6 is 0 Å². The molecule has 0 aliphatic rings. The lowest BCUT2D eigenvalue weighted by Crippen LogP contribution is -2.37. The first-order valence-electron chi connectivity index (χ1n) is 6.68.